The highest BCUT2D eigenvalue weighted by Gasteiger charge is 2.12. The van der Waals surface area contributed by atoms with Crippen molar-refractivity contribution >= 4 is 23.5 Å². The fraction of sp³-hybridized carbons (Fsp3) is 0.286. The van der Waals surface area contributed by atoms with Crippen LogP contribution in [0.1, 0.15) is 42.1 Å². The Morgan fingerprint density at radius 2 is 1.82 bits per heavy atom. The highest BCUT2D eigenvalue weighted by Crippen LogP contribution is 2.20. The number of carbonyl (C=O) groups is 3. The van der Waals surface area contributed by atoms with Gasteiger partial charge in [-0.15, -0.1) is 0 Å². The lowest BCUT2D eigenvalue weighted by Gasteiger charge is -2.11. The molecule has 0 aliphatic carbocycles. The molecule has 0 bridgehead atoms. The van der Waals surface area contributed by atoms with Crippen LogP contribution >= 0.6 is 0 Å². The Labute approximate surface area is 163 Å². The Hall–Kier alpha value is -3.22. The summed E-state index contributed by atoms with van der Waals surface area (Å²) in [5.41, 5.74) is 1.87. The molecule has 0 fully saturated rings. The largest absolute Gasteiger partial charge is 0.454 e. The average molecular weight is 386 g/mol. The number of hydrogen-bond donors (Lipinski definition) is 2. The van der Waals surface area contributed by atoms with Crippen LogP contribution in [0, 0.1) is 5.82 Å². The van der Waals surface area contributed by atoms with E-state index in [0.717, 1.165) is 12.5 Å². The fourth-order valence-electron chi connectivity index (χ4n) is 2.41. The van der Waals surface area contributed by atoms with Gasteiger partial charge >= 0.3 is 5.97 Å². The number of rotatable bonds is 8. The maximum absolute atomic E-state index is 13.1. The number of carbonyl (C=O) groups excluding carboxylic acids is 3. The van der Waals surface area contributed by atoms with Gasteiger partial charge in [0.05, 0.1) is 0 Å². The molecule has 0 spiro atoms. The van der Waals surface area contributed by atoms with E-state index in [9.17, 15) is 18.8 Å². The molecule has 0 heterocycles. The molecule has 0 saturated heterocycles. The van der Waals surface area contributed by atoms with Crippen molar-refractivity contribution < 1.29 is 23.5 Å². The van der Waals surface area contributed by atoms with Crippen LogP contribution in [-0.4, -0.2) is 30.9 Å². The summed E-state index contributed by atoms with van der Waals surface area (Å²) in [6.45, 7) is 3.34. The maximum Gasteiger partial charge on any atom is 0.325 e. The number of ether oxygens (including phenoxy) is 1. The SMILES string of the molecule is CC[C@@H](C)c1ccc(NC(=O)COC(=O)CNC(=O)c2cccc(F)c2)cc1. The molecule has 2 rings (SSSR count). The van der Waals surface area contributed by atoms with Gasteiger partial charge in [-0.2, -0.15) is 0 Å². The summed E-state index contributed by atoms with van der Waals surface area (Å²) >= 11 is 0. The predicted molar refractivity (Wildman–Crippen MR) is 103 cm³/mol. The molecule has 148 valence electrons. The van der Waals surface area contributed by atoms with Crippen molar-refractivity contribution in [3.63, 3.8) is 0 Å². The molecular formula is C21H23FN2O4. The molecule has 0 aromatic heterocycles. The zero-order chi connectivity index (χ0) is 20.5. The average Bonchev–Trinajstić information content (AvgIpc) is 2.70. The zero-order valence-corrected chi connectivity index (χ0v) is 15.8. The van der Waals surface area contributed by atoms with Crippen molar-refractivity contribution in [2.75, 3.05) is 18.5 Å². The molecule has 2 amide bonds. The first-order valence-corrected chi connectivity index (χ1v) is 8.98. The third kappa shape index (κ3) is 6.50. The van der Waals surface area contributed by atoms with Crippen LogP contribution < -0.4 is 10.6 Å². The Kier molecular flexibility index (Phi) is 7.68. The lowest BCUT2D eigenvalue weighted by atomic mass is 9.99. The molecule has 0 unspecified atom stereocenters. The van der Waals surface area contributed by atoms with Gasteiger partial charge in [-0.25, -0.2) is 4.39 Å². The first kappa shape index (κ1) is 21.1. The van der Waals surface area contributed by atoms with E-state index in [-0.39, 0.29) is 5.56 Å². The van der Waals surface area contributed by atoms with Gasteiger partial charge in [0.1, 0.15) is 12.4 Å². The van der Waals surface area contributed by atoms with Crippen LogP contribution in [0.5, 0.6) is 0 Å². The quantitative estimate of drug-likeness (QED) is 0.682. The fourth-order valence-corrected chi connectivity index (χ4v) is 2.41. The van der Waals surface area contributed by atoms with Gasteiger partial charge in [-0.3, -0.25) is 14.4 Å². The van der Waals surface area contributed by atoms with E-state index in [1.165, 1.54) is 23.8 Å². The second-order valence-corrected chi connectivity index (χ2v) is 6.33. The molecule has 7 heteroatoms. The number of benzene rings is 2. The summed E-state index contributed by atoms with van der Waals surface area (Å²) in [4.78, 5) is 35.3. The highest BCUT2D eigenvalue weighted by molar-refractivity contribution is 5.96. The van der Waals surface area contributed by atoms with Crippen LogP contribution in [0.3, 0.4) is 0 Å². The Morgan fingerprint density at radius 3 is 2.46 bits per heavy atom. The summed E-state index contributed by atoms with van der Waals surface area (Å²) in [6, 6.07) is 12.5. The van der Waals surface area contributed by atoms with Gasteiger partial charge in [0.15, 0.2) is 6.61 Å². The van der Waals surface area contributed by atoms with Crippen LogP contribution in [0.15, 0.2) is 48.5 Å². The topological polar surface area (TPSA) is 84.5 Å². The highest BCUT2D eigenvalue weighted by atomic mass is 19.1. The number of amides is 2. The number of nitrogens with one attached hydrogen (secondary N) is 2. The molecule has 0 aliphatic heterocycles. The van der Waals surface area contributed by atoms with Crippen molar-refractivity contribution in [1.82, 2.24) is 5.32 Å². The third-order valence-corrected chi connectivity index (χ3v) is 4.22. The van der Waals surface area contributed by atoms with Crippen LogP contribution in [0.2, 0.25) is 0 Å². The second-order valence-electron chi connectivity index (χ2n) is 6.33. The first-order chi connectivity index (χ1) is 13.4. The number of hydrogen-bond acceptors (Lipinski definition) is 4. The summed E-state index contributed by atoms with van der Waals surface area (Å²) in [5.74, 6) is -1.98. The van der Waals surface area contributed by atoms with Gasteiger partial charge in [0, 0.05) is 11.3 Å². The molecule has 0 saturated carbocycles. The lowest BCUT2D eigenvalue weighted by Crippen LogP contribution is -2.32. The summed E-state index contributed by atoms with van der Waals surface area (Å²) in [6.07, 6.45) is 1.03. The molecule has 28 heavy (non-hydrogen) atoms. The van der Waals surface area contributed by atoms with E-state index >= 15 is 0 Å². The van der Waals surface area contributed by atoms with Crippen LogP contribution in [0.4, 0.5) is 10.1 Å². The van der Waals surface area contributed by atoms with Gasteiger partial charge < -0.3 is 15.4 Å². The first-order valence-electron chi connectivity index (χ1n) is 8.98. The third-order valence-electron chi connectivity index (χ3n) is 4.22. The predicted octanol–water partition coefficient (Wildman–Crippen LogP) is 3.25. The Morgan fingerprint density at radius 1 is 1.11 bits per heavy atom. The van der Waals surface area contributed by atoms with Gasteiger partial charge in [0.25, 0.3) is 11.8 Å². The molecule has 2 aromatic carbocycles. The molecule has 2 aromatic rings. The van der Waals surface area contributed by atoms with Crippen molar-refractivity contribution in [2.45, 2.75) is 26.2 Å². The van der Waals surface area contributed by atoms with Crippen molar-refractivity contribution in [3.05, 3.63) is 65.5 Å². The molecule has 2 N–H and O–H groups in total. The lowest BCUT2D eigenvalue weighted by molar-refractivity contribution is -0.146. The summed E-state index contributed by atoms with van der Waals surface area (Å²) < 4.78 is 17.9. The number of esters is 1. The second kappa shape index (κ2) is 10.2. The van der Waals surface area contributed by atoms with E-state index in [2.05, 4.69) is 24.5 Å². The van der Waals surface area contributed by atoms with Crippen LogP contribution in [0.25, 0.3) is 0 Å². The van der Waals surface area contributed by atoms with E-state index in [1.54, 1.807) is 12.1 Å². The standard InChI is InChI=1S/C21H23FN2O4/c1-3-14(2)15-7-9-18(10-8-15)24-19(25)13-28-20(26)12-23-21(27)16-5-4-6-17(22)11-16/h4-11,14H,3,12-13H2,1-2H3,(H,23,27)(H,24,25)/t14-/m1/s1. The van der Waals surface area contributed by atoms with E-state index in [4.69, 9.17) is 4.74 Å². The van der Waals surface area contributed by atoms with E-state index in [1.807, 2.05) is 12.1 Å². The Balaban J connectivity index is 1.73. The minimum absolute atomic E-state index is 0.0892. The molecule has 0 radical (unpaired) electrons. The Bertz CT molecular complexity index is 837. The molecule has 0 aliphatic rings. The van der Waals surface area contributed by atoms with Gasteiger partial charge in [-0.05, 0) is 48.2 Å². The number of anilines is 1. The number of halogens is 1. The molecular weight excluding hydrogens is 363 g/mol. The maximum atomic E-state index is 13.1. The van der Waals surface area contributed by atoms with Crippen molar-refractivity contribution in [2.24, 2.45) is 0 Å². The van der Waals surface area contributed by atoms with E-state index < -0.39 is 36.8 Å². The minimum atomic E-state index is -0.771. The molecule has 6 nitrogen and oxygen atoms in total. The zero-order valence-electron chi connectivity index (χ0n) is 15.8. The summed E-state index contributed by atoms with van der Waals surface area (Å²) in [7, 11) is 0. The van der Waals surface area contributed by atoms with Gasteiger partial charge in [0.2, 0.25) is 0 Å². The van der Waals surface area contributed by atoms with Crippen molar-refractivity contribution in [3.8, 4) is 0 Å². The monoisotopic (exact) mass is 386 g/mol. The summed E-state index contributed by atoms with van der Waals surface area (Å²) in [5, 5.41) is 4.94. The van der Waals surface area contributed by atoms with E-state index in [0.29, 0.717) is 11.6 Å². The normalized spacial score (nSPS) is 11.4. The van der Waals surface area contributed by atoms with Crippen LogP contribution in [-0.2, 0) is 14.3 Å². The minimum Gasteiger partial charge on any atom is -0.454 e. The molecule has 1 atom stereocenters. The smallest absolute Gasteiger partial charge is 0.325 e. The van der Waals surface area contributed by atoms with Crippen molar-refractivity contribution in [1.29, 1.82) is 0 Å². The van der Waals surface area contributed by atoms with Gasteiger partial charge in [-0.1, -0.05) is 32.0 Å².